The van der Waals surface area contributed by atoms with E-state index in [4.69, 9.17) is 9.47 Å². The van der Waals surface area contributed by atoms with Gasteiger partial charge < -0.3 is 9.47 Å². The number of carbonyl (C=O) groups is 2. The van der Waals surface area contributed by atoms with Gasteiger partial charge in [-0.25, -0.2) is 0 Å². The summed E-state index contributed by atoms with van der Waals surface area (Å²) in [6, 6.07) is 0. The van der Waals surface area contributed by atoms with Crippen LogP contribution < -0.4 is 0 Å². The summed E-state index contributed by atoms with van der Waals surface area (Å²) < 4.78 is 11.0. The van der Waals surface area contributed by atoms with Crippen molar-refractivity contribution in [1.29, 1.82) is 0 Å². The number of carbonyl (C=O) groups excluding carboxylic acids is 2. The monoisotopic (exact) mass is 266 g/mol. The van der Waals surface area contributed by atoms with Crippen LogP contribution in [0.15, 0.2) is 0 Å². The molecule has 0 aromatic carbocycles. The lowest BCUT2D eigenvalue weighted by Gasteiger charge is -2.47. The molecule has 1 heterocycles. The third kappa shape index (κ3) is 1.76. The van der Waals surface area contributed by atoms with Crippen LogP contribution in [0.25, 0.3) is 0 Å². The largest absolute Gasteiger partial charge is 0.466 e. The number of rotatable bonds is 3. The van der Waals surface area contributed by atoms with Gasteiger partial charge in [-0.2, -0.15) is 0 Å². The predicted octanol–water partition coefficient (Wildman–Crippen LogP) is 2.25. The van der Waals surface area contributed by atoms with Crippen LogP contribution in [0.1, 0.15) is 52.4 Å². The van der Waals surface area contributed by atoms with E-state index in [9.17, 15) is 9.59 Å². The molecule has 4 heteroatoms. The minimum Gasteiger partial charge on any atom is -0.466 e. The molecule has 0 aromatic heterocycles. The van der Waals surface area contributed by atoms with E-state index in [1.54, 1.807) is 0 Å². The van der Waals surface area contributed by atoms with Gasteiger partial charge in [0.1, 0.15) is 11.4 Å². The highest BCUT2D eigenvalue weighted by atomic mass is 16.6. The number of ether oxygens (including phenoxy) is 2. The molecule has 0 aromatic rings. The summed E-state index contributed by atoms with van der Waals surface area (Å²) in [5.41, 5.74) is -0.532. The lowest BCUT2D eigenvalue weighted by atomic mass is 9.54. The third-order valence-corrected chi connectivity index (χ3v) is 5.59. The smallest absolute Gasteiger partial charge is 0.302 e. The molecule has 3 rings (SSSR count). The molecule has 1 aliphatic heterocycles. The second-order valence-electron chi connectivity index (χ2n) is 6.38. The van der Waals surface area contributed by atoms with E-state index in [1.165, 1.54) is 6.92 Å². The minimum atomic E-state index is -0.353. The average molecular weight is 266 g/mol. The van der Waals surface area contributed by atoms with Crippen LogP contribution in [0.5, 0.6) is 0 Å². The van der Waals surface area contributed by atoms with E-state index in [2.05, 4.69) is 6.92 Å². The zero-order valence-corrected chi connectivity index (χ0v) is 11.7. The summed E-state index contributed by atoms with van der Waals surface area (Å²) >= 11 is 0. The van der Waals surface area contributed by atoms with Gasteiger partial charge in [0, 0.05) is 13.3 Å². The lowest BCUT2D eigenvalue weighted by molar-refractivity contribution is -0.145. The molecule has 2 aliphatic carbocycles. The molecule has 0 amide bonds. The summed E-state index contributed by atoms with van der Waals surface area (Å²) in [5, 5.41) is 0. The summed E-state index contributed by atoms with van der Waals surface area (Å²) in [5.74, 6) is 0.401. The molecule has 3 fully saturated rings. The summed E-state index contributed by atoms with van der Waals surface area (Å²) in [4.78, 5) is 23.4. The molecule has 19 heavy (non-hydrogen) atoms. The van der Waals surface area contributed by atoms with Gasteiger partial charge in [-0.05, 0) is 44.9 Å². The van der Waals surface area contributed by atoms with E-state index in [0.29, 0.717) is 30.8 Å². The van der Waals surface area contributed by atoms with Gasteiger partial charge in [-0.3, -0.25) is 9.59 Å². The van der Waals surface area contributed by atoms with Gasteiger partial charge in [0.25, 0.3) is 0 Å². The quantitative estimate of drug-likeness (QED) is 0.580. The van der Waals surface area contributed by atoms with Crippen molar-refractivity contribution in [3.05, 3.63) is 0 Å². The summed E-state index contributed by atoms with van der Waals surface area (Å²) in [6.07, 6.45) is 5.79. The number of ketones is 1. The van der Waals surface area contributed by atoms with Crippen LogP contribution in [-0.4, -0.2) is 30.1 Å². The van der Waals surface area contributed by atoms with Crippen molar-refractivity contribution in [2.45, 2.75) is 64.1 Å². The fourth-order valence-electron chi connectivity index (χ4n) is 4.45. The Hall–Kier alpha value is -0.900. The molecule has 4 atom stereocenters. The Labute approximate surface area is 113 Å². The highest BCUT2D eigenvalue weighted by Crippen LogP contribution is 2.65. The SMILES string of the molecule is CC(=O)OCC[C@H]1CC[C@H]2O[C@]23CCCC(=O)[C@@]13C. The van der Waals surface area contributed by atoms with Crippen LogP contribution in [-0.2, 0) is 19.1 Å². The van der Waals surface area contributed by atoms with E-state index >= 15 is 0 Å². The van der Waals surface area contributed by atoms with Crippen molar-refractivity contribution in [1.82, 2.24) is 0 Å². The van der Waals surface area contributed by atoms with Gasteiger partial charge in [0.2, 0.25) is 0 Å². The minimum absolute atomic E-state index is 0.179. The van der Waals surface area contributed by atoms with Crippen LogP contribution in [0.3, 0.4) is 0 Å². The summed E-state index contributed by atoms with van der Waals surface area (Å²) in [7, 11) is 0. The lowest BCUT2D eigenvalue weighted by Crippen LogP contribution is -2.54. The Kier molecular flexibility index (Phi) is 2.97. The highest BCUT2D eigenvalue weighted by molar-refractivity contribution is 5.88. The van der Waals surface area contributed by atoms with Crippen LogP contribution in [0.2, 0.25) is 0 Å². The van der Waals surface area contributed by atoms with Gasteiger partial charge >= 0.3 is 5.97 Å². The molecule has 0 radical (unpaired) electrons. The Bertz CT molecular complexity index is 418. The first-order valence-corrected chi connectivity index (χ1v) is 7.35. The topological polar surface area (TPSA) is 55.9 Å². The number of esters is 1. The standard InChI is InChI=1S/C15H22O4/c1-10(16)18-9-7-11-5-6-13-15(19-13)8-3-4-12(17)14(11,15)2/h11,13H,3-9H2,1-2H3/t11-,13-,14-,15-/m1/s1. The zero-order valence-electron chi connectivity index (χ0n) is 11.7. The predicted molar refractivity (Wildman–Crippen MR) is 68.5 cm³/mol. The zero-order chi connectivity index (χ0) is 13.7. The van der Waals surface area contributed by atoms with Gasteiger partial charge in [-0.1, -0.05) is 0 Å². The maximum absolute atomic E-state index is 12.5. The second kappa shape index (κ2) is 4.30. The van der Waals surface area contributed by atoms with Crippen LogP contribution in [0, 0.1) is 11.3 Å². The van der Waals surface area contributed by atoms with E-state index in [1.807, 2.05) is 0 Å². The van der Waals surface area contributed by atoms with Crippen molar-refractivity contribution in [2.75, 3.05) is 6.61 Å². The first-order chi connectivity index (χ1) is 9.00. The number of hydrogen-bond donors (Lipinski definition) is 0. The molecule has 0 bridgehead atoms. The maximum Gasteiger partial charge on any atom is 0.302 e. The van der Waals surface area contributed by atoms with E-state index < -0.39 is 0 Å². The highest BCUT2D eigenvalue weighted by Gasteiger charge is 2.73. The van der Waals surface area contributed by atoms with E-state index in [-0.39, 0.29) is 17.0 Å². The number of Topliss-reactive ketones (excluding diaryl/α,β-unsaturated/α-hetero) is 1. The van der Waals surface area contributed by atoms with Crippen molar-refractivity contribution in [2.24, 2.45) is 11.3 Å². The van der Waals surface area contributed by atoms with Crippen molar-refractivity contribution in [3.63, 3.8) is 0 Å². The van der Waals surface area contributed by atoms with Crippen molar-refractivity contribution in [3.8, 4) is 0 Å². The van der Waals surface area contributed by atoms with Gasteiger partial charge in [0.15, 0.2) is 0 Å². The molecule has 0 N–H and O–H groups in total. The molecule has 3 aliphatic rings. The van der Waals surface area contributed by atoms with E-state index in [0.717, 1.165) is 32.1 Å². The normalized spacial score (nSPS) is 44.2. The maximum atomic E-state index is 12.5. The Morgan fingerprint density at radius 2 is 2.26 bits per heavy atom. The van der Waals surface area contributed by atoms with Crippen LogP contribution in [0.4, 0.5) is 0 Å². The average Bonchev–Trinajstić information content (AvgIpc) is 3.06. The molecule has 106 valence electrons. The van der Waals surface area contributed by atoms with Gasteiger partial charge in [0.05, 0.1) is 18.1 Å². The number of epoxide rings is 1. The Morgan fingerprint density at radius 1 is 1.47 bits per heavy atom. The molecule has 0 unspecified atom stereocenters. The molecule has 4 nitrogen and oxygen atoms in total. The molecular formula is C15H22O4. The molecule has 2 saturated carbocycles. The fourth-order valence-corrected chi connectivity index (χ4v) is 4.45. The van der Waals surface area contributed by atoms with Crippen LogP contribution >= 0.6 is 0 Å². The summed E-state index contributed by atoms with van der Waals surface area (Å²) in [6.45, 7) is 3.94. The first kappa shape index (κ1) is 13.1. The molecular weight excluding hydrogens is 244 g/mol. The second-order valence-corrected chi connectivity index (χ2v) is 6.38. The third-order valence-electron chi connectivity index (χ3n) is 5.59. The Balaban J connectivity index is 1.76. The molecule has 1 saturated heterocycles. The first-order valence-electron chi connectivity index (χ1n) is 7.35. The Morgan fingerprint density at radius 3 is 3.00 bits per heavy atom. The number of hydrogen-bond acceptors (Lipinski definition) is 4. The van der Waals surface area contributed by atoms with Gasteiger partial charge in [-0.15, -0.1) is 0 Å². The molecule has 1 spiro atoms. The van der Waals surface area contributed by atoms with Crippen molar-refractivity contribution >= 4 is 11.8 Å². The fraction of sp³-hybridized carbons (Fsp3) is 0.867. The van der Waals surface area contributed by atoms with Crippen molar-refractivity contribution < 1.29 is 19.1 Å².